The maximum absolute atomic E-state index is 5.93. The number of aryl methyl sites for hydroxylation is 1. The first kappa shape index (κ1) is 8.78. The van der Waals surface area contributed by atoms with E-state index in [0.29, 0.717) is 13.2 Å². The van der Waals surface area contributed by atoms with Gasteiger partial charge in [0.05, 0.1) is 18.6 Å². The average molecular weight is 181 g/mol. The second-order valence-electron chi connectivity index (χ2n) is 3.85. The van der Waals surface area contributed by atoms with E-state index >= 15 is 0 Å². The van der Waals surface area contributed by atoms with E-state index in [1.54, 1.807) is 0 Å². The highest BCUT2D eigenvalue weighted by molar-refractivity contribution is 5.22. The predicted molar refractivity (Wildman–Crippen MR) is 49.6 cm³/mol. The third-order valence-corrected chi connectivity index (χ3v) is 2.82. The Balaban J connectivity index is 2.31. The van der Waals surface area contributed by atoms with E-state index in [2.05, 4.69) is 0 Å². The third kappa shape index (κ3) is 1.19. The second kappa shape index (κ2) is 2.86. The first-order valence-electron chi connectivity index (χ1n) is 4.55. The van der Waals surface area contributed by atoms with Crippen molar-refractivity contribution >= 4 is 0 Å². The van der Waals surface area contributed by atoms with Crippen molar-refractivity contribution in [2.45, 2.75) is 25.3 Å². The molecule has 0 aliphatic carbocycles. The fourth-order valence-corrected chi connectivity index (χ4v) is 1.65. The van der Waals surface area contributed by atoms with Crippen LogP contribution in [0.1, 0.15) is 18.4 Å². The average Bonchev–Trinajstić information content (AvgIpc) is 2.32. The summed E-state index contributed by atoms with van der Waals surface area (Å²) in [6, 6.07) is 4.05. The topological polar surface area (TPSA) is 48.4 Å². The molecule has 2 rings (SSSR count). The zero-order valence-electron chi connectivity index (χ0n) is 8.04. The maximum atomic E-state index is 5.93. The molecule has 1 aliphatic rings. The second-order valence-corrected chi connectivity index (χ2v) is 3.85. The number of ether oxygens (including phenoxy) is 1. The summed E-state index contributed by atoms with van der Waals surface area (Å²) < 4.78 is 10.8. The van der Waals surface area contributed by atoms with E-state index in [9.17, 15) is 0 Å². The predicted octanol–water partition coefficient (Wildman–Crippen LogP) is 1.20. The Bertz CT molecular complexity index is 300. The Morgan fingerprint density at radius 3 is 2.46 bits per heavy atom. The van der Waals surface area contributed by atoms with Crippen LogP contribution in [-0.4, -0.2) is 19.3 Å². The number of hydrogen-bond donors (Lipinski definition) is 1. The van der Waals surface area contributed by atoms with Crippen molar-refractivity contribution in [3.05, 3.63) is 23.7 Å². The van der Waals surface area contributed by atoms with Gasteiger partial charge in [-0.1, -0.05) is 0 Å². The lowest BCUT2D eigenvalue weighted by molar-refractivity contribution is -0.0802. The fraction of sp³-hybridized carbons (Fsp3) is 0.600. The molecule has 1 fully saturated rings. The third-order valence-electron chi connectivity index (χ3n) is 2.82. The molecular formula is C10H15NO2. The highest BCUT2D eigenvalue weighted by atomic mass is 16.5. The van der Waals surface area contributed by atoms with Gasteiger partial charge in [-0.15, -0.1) is 0 Å². The molecule has 0 radical (unpaired) electrons. The molecule has 1 saturated heterocycles. The molecule has 0 saturated carbocycles. The monoisotopic (exact) mass is 181 g/mol. The van der Waals surface area contributed by atoms with Gasteiger partial charge in [-0.3, -0.25) is 0 Å². The molecule has 2 heterocycles. The van der Waals surface area contributed by atoms with Gasteiger partial charge in [0.2, 0.25) is 0 Å². The number of furan rings is 1. The van der Waals surface area contributed by atoms with Gasteiger partial charge in [0.1, 0.15) is 11.5 Å². The number of rotatable bonds is 2. The van der Waals surface area contributed by atoms with Gasteiger partial charge < -0.3 is 14.9 Å². The van der Waals surface area contributed by atoms with E-state index in [0.717, 1.165) is 11.5 Å². The van der Waals surface area contributed by atoms with Gasteiger partial charge >= 0.3 is 0 Å². The molecule has 1 unspecified atom stereocenters. The summed E-state index contributed by atoms with van der Waals surface area (Å²) in [5.74, 6) is 1.90. The van der Waals surface area contributed by atoms with Crippen molar-refractivity contribution in [1.29, 1.82) is 0 Å². The molecule has 0 spiro atoms. The maximum Gasteiger partial charge on any atom is 0.116 e. The SMILES string of the molecule is Cc1ccc(C2(C(C)N)COC2)o1. The minimum absolute atomic E-state index is 0.0751. The van der Waals surface area contributed by atoms with Gasteiger partial charge in [0.25, 0.3) is 0 Å². The summed E-state index contributed by atoms with van der Waals surface area (Å²) >= 11 is 0. The largest absolute Gasteiger partial charge is 0.466 e. The molecule has 3 nitrogen and oxygen atoms in total. The summed E-state index contributed by atoms with van der Waals surface area (Å²) in [6.07, 6.45) is 0. The molecule has 2 N–H and O–H groups in total. The van der Waals surface area contributed by atoms with Crippen molar-refractivity contribution in [1.82, 2.24) is 0 Å². The molecule has 1 aromatic rings. The molecule has 0 bridgehead atoms. The van der Waals surface area contributed by atoms with Crippen LogP contribution in [0.25, 0.3) is 0 Å². The van der Waals surface area contributed by atoms with Crippen molar-refractivity contribution in [2.24, 2.45) is 5.73 Å². The summed E-state index contributed by atoms with van der Waals surface area (Å²) in [7, 11) is 0. The van der Waals surface area contributed by atoms with Crippen molar-refractivity contribution < 1.29 is 9.15 Å². The Kier molecular flexibility index (Phi) is 1.93. The van der Waals surface area contributed by atoms with Crippen LogP contribution in [0.2, 0.25) is 0 Å². The van der Waals surface area contributed by atoms with Crippen molar-refractivity contribution in [3.8, 4) is 0 Å². The Hall–Kier alpha value is -0.800. The lowest BCUT2D eigenvalue weighted by atomic mass is 9.77. The van der Waals surface area contributed by atoms with Crippen LogP contribution in [0.5, 0.6) is 0 Å². The Morgan fingerprint density at radius 1 is 1.46 bits per heavy atom. The molecule has 1 atom stereocenters. The normalized spacial score (nSPS) is 22.4. The van der Waals surface area contributed by atoms with Crippen LogP contribution in [0.4, 0.5) is 0 Å². The van der Waals surface area contributed by atoms with Crippen molar-refractivity contribution in [3.63, 3.8) is 0 Å². The van der Waals surface area contributed by atoms with Gasteiger partial charge in [-0.25, -0.2) is 0 Å². The summed E-state index contributed by atoms with van der Waals surface area (Å²) in [5, 5.41) is 0. The molecule has 13 heavy (non-hydrogen) atoms. The molecule has 0 amide bonds. The Morgan fingerprint density at radius 2 is 2.15 bits per heavy atom. The first-order chi connectivity index (χ1) is 6.15. The van der Waals surface area contributed by atoms with Gasteiger partial charge in [-0.05, 0) is 26.0 Å². The van der Waals surface area contributed by atoms with Crippen LogP contribution in [0, 0.1) is 6.92 Å². The highest BCUT2D eigenvalue weighted by Gasteiger charge is 2.46. The molecule has 0 aromatic carbocycles. The molecular weight excluding hydrogens is 166 g/mol. The number of hydrogen-bond acceptors (Lipinski definition) is 3. The first-order valence-corrected chi connectivity index (χ1v) is 4.55. The zero-order valence-corrected chi connectivity index (χ0v) is 8.04. The quantitative estimate of drug-likeness (QED) is 0.745. The van der Waals surface area contributed by atoms with E-state index in [-0.39, 0.29) is 11.5 Å². The zero-order chi connectivity index (χ0) is 9.47. The van der Waals surface area contributed by atoms with Gasteiger partial charge in [0, 0.05) is 6.04 Å². The summed E-state index contributed by atoms with van der Waals surface area (Å²) in [6.45, 7) is 5.30. The molecule has 1 aromatic heterocycles. The van der Waals surface area contributed by atoms with Crippen LogP contribution in [0.3, 0.4) is 0 Å². The number of nitrogens with two attached hydrogens (primary N) is 1. The van der Waals surface area contributed by atoms with Crippen LogP contribution in [0.15, 0.2) is 16.5 Å². The summed E-state index contributed by atoms with van der Waals surface area (Å²) in [5.41, 5.74) is 5.86. The van der Waals surface area contributed by atoms with Gasteiger partial charge in [0.15, 0.2) is 0 Å². The highest BCUT2D eigenvalue weighted by Crippen LogP contribution is 2.35. The van der Waals surface area contributed by atoms with Crippen LogP contribution >= 0.6 is 0 Å². The van der Waals surface area contributed by atoms with Crippen molar-refractivity contribution in [2.75, 3.05) is 13.2 Å². The Labute approximate surface area is 77.9 Å². The van der Waals surface area contributed by atoms with Crippen LogP contribution in [-0.2, 0) is 10.2 Å². The van der Waals surface area contributed by atoms with Crippen LogP contribution < -0.4 is 5.73 Å². The molecule has 72 valence electrons. The fourth-order valence-electron chi connectivity index (χ4n) is 1.65. The summed E-state index contributed by atoms with van der Waals surface area (Å²) in [4.78, 5) is 0. The minimum atomic E-state index is -0.0751. The molecule has 1 aliphatic heterocycles. The van der Waals surface area contributed by atoms with Gasteiger partial charge in [-0.2, -0.15) is 0 Å². The van der Waals surface area contributed by atoms with E-state index in [4.69, 9.17) is 14.9 Å². The van der Waals surface area contributed by atoms with E-state index < -0.39 is 0 Å². The lowest BCUT2D eigenvalue weighted by Gasteiger charge is -2.42. The molecule has 3 heteroatoms. The lowest BCUT2D eigenvalue weighted by Crippen LogP contribution is -2.57. The van der Waals surface area contributed by atoms with E-state index in [1.807, 2.05) is 26.0 Å². The smallest absolute Gasteiger partial charge is 0.116 e. The van der Waals surface area contributed by atoms with E-state index in [1.165, 1.54) is 0 Å². The standard InChI is InChI=1S/C10H15NO2/c1-7-3-4-9(13-7)10(8(2)11)5-12-6-10/h3-4,8H,5-6,11H2,1-2H3. The minimum Gasteiger partial charge on any atom is -0.466 e.